The zero-order valence-electron chi connectivity index (χ0n) is 10.2. The maximum Gasteiger partial charge on any atom is 0.0591 e. The zero-order valence-corrected chi connectivity index (χ0v) is 11.0. The first-order valence-electron chi connectivity index (χ1n) is 5.66. The van der Waals surface area contributed by atoms with E-state index in [4.69, 9.17) is 4.74 Å². The average Bonchev–Trinajstić information content (AvgIpc) is 2.62. The first-order valence-corrected chi connectivity index (χ1v) is 6.48. The molecule has 0 saturated carbocycles. The topological polar surface area (TPSA) is 21.3 Å². The Morgan fingerprint density at radius 3 is 2.88 bits per heavy atom. The third-order valence-electron chi connectivity index (χ3n) is 2.19. The molecule has 2 nitrogen and oxygen atoms in total. The Morgan fingerprint density at radius 2 is 2.25 bits per heavy atom. The molecule has 1 rings (SSSR count). The molecule has 0 radical (unpaired) electrons. The summed E-state index contributed by atoms with van der Waals surface area (Å²) in [7, 11) is 0. The summed E-state index contributed by atoms with van der Waals surface area (Å²) < 4.78 is 5.47. The monoisotopic (exact) mass is 239 g/mol. The van der Waals surface area contributed by atoms with E-state index in [0.29, 0.717) is 0 Å². The van der Waals surface area contributed by atoms with Crippen LogP contribution in [0.1, 0.15) is 23.1 Å². The van der Waals surface area contributed by atoms with Crippen molar-refractivity contribution >= 4 is 11.3 Å². The van der Waals surface area contributed by atoms with Crippen LogP contribution in [0.25, 0.3) is 0 Å². The lowest BCUT2D eigenvalue weighted by molar-refractivity contribution is 0.139. The highest BCUT2D eigenvalue weighted by atomic mass is 32.1. The summed E-state index contributed by atoms with van der Waals surface area (Å²) in [5, 5.41) is 3.37. The number of hydrogen-bond donors (Lipinski definition) is 1. The third kappa shape index (κ3) is 6.05. The fraction of sp³-hybridized carbons (Fsp3) is 0.538. The van der Waals surface area contributed by atoms with Crippen molar-refractivity contribution in [3.63, 3.8) is 0 Å². The highest BCUT2D eigenvalue weighted by molar-refractivity contribution is 7.11. The molecule has 0 fully saturated rings. The van der Waals surface area contributed by atoms with Gasteiger partial charge in [-0.25, -0.2) is 0 Å². The van der Waals surface area contributed by atoms with Gasteiger partial charge in [0, 0.05) is 22.8 Å². The van der Waals surface area contributed by atoms with E-state index in [-0.39, 0.29) is 0 Å². The van der Waals surface area contributed by atoms with Gasteiger partial charge < -0.3 is 10.1 Å². The number of aryl methyl sites for hydroxylation is 1. The third-order valence-corrected chi connectivity index (χ3v) is 3.19. The van der Waals surface area contributed by atoms with E-state index in [1.807, 2.05) is 18.3 Å². The molecule has 3 heteroatoms. The van der Waals surface area contributed by atoms with E-state index in [2.05, 4.69) is 31.0 Å². The van der Waals surface area contributed by atoms with Gasteiger partial charge in [-0.15, -0.1) is 17.9 Å². The van der Waals surface area contributed by atoms with Crippen molar-refractivity contribution in [2.24, 2.45) is 0 Å². The molecular formula is C13H21NOS. The molecule has 0 unspecified atom stereocenters. The Kier molecular flexibility index (Phi) is 6.38. The van der Waals surface area contributed by atoms with Gasteiger partial charge in [-0.2, -0.15) is 0 Å². The second-order valence-electron chi connectivity index (χ2n) is 4.01. The van der Waals surface area contributed by atoms with Gasteiger partial charge in [-0.3, -0.25) is 0 Å². The van der Waals surface area contributed by atoms with Gasteiger partial charge in [-0.1, -0.05) is 5.57 Å². The molecule has 0 aromatic carbocycles. The molecule has 0 amide bonds. The molecular weight excluding hydrogens is 218 g/mol. The molecule has 90 valence electrons. The highest BCUT2D eigenvalue weighted by Gasteiger charge is 1.95. The van der Waals surface area contributed by atoms with Crippen LogP contribution >= 0.6 is 11.3 Å². The van der Waals surface area contributed by atoms with Crippen molar-refractivity contribution in [1.82, 2.24) is 5.32 Å². The molecule has 0 bridgehead atoms. The first-order chi connectivity index (χ1) is 7.68. The molecule has 1 heterocycles. The molecule has 0 spiro atoms. The summed E-state index contributed by atoms with van der Waals surface area (Å²) in [6, 6.07) is 4.33. The largest absolute Gasteiger partial charge is 0.380 e. The lowest BCUT2D eigenvalue weighted by Gasteiger charge is -2.05. The standard InChI is InChI=1S/C13H21NOS/c1-11(2)6-8-15-9-7-14-10-13-5-4-12(3)16-13/h4-5,14H,1,6-10H2,2-3H3. The van der Waals surface area contributed by atoms with Gasteiger partial charge in [0.2, 0.25) is 0 Å². The van der Waals surface area contributed by atoms with Gasteiger partial charge in [0.15, 0.2) is 0 Å². The van der Waals surface area contributed by atoms with E-state index < -0.39 is 0 Å². The summed E-state index contributed by atoms with van der Waals surface area (Å²) in [6.45, 7) is 11.4. The van der Waals surface area contributed by atoms with E-state index in [1.54, 1.807) is 0 Å². The minimum atomic E-state index is 0.775. The van der Waals surface area contributed by atoms with Crippen LogP contribution in [0.4, 0.5) is 0 Å². The van der Waals surface area contributed by atoms with Gasteiger partial charge in [0.05, 0.1) is 13.2 Å². The van der Waals surface area contributed by atoms with Crippen LogP contribution < -0.4 is 5.32 Å². The second kappa shape index (κ2) is 7.60. The average molecular weight is 239 g/mol. The number of hydrogen-bond acceptors (Lipinski definition) is 3. The maximum atomic E-state index is 5.47. The molecule has 16 heavy (non-hydrogen) atoms. The van der Waals surface area contributed by atoms with Gasteiger partial charge in [0.25, 0.3) is 0 Å². The van der Waals surface area contributed by atoms with E-state index in [9.17, 15) is 0 Å². The number of rotatable bonds is 8. The lowest BCUT2D eigenvalue weighted by atomic mass is 10.3. The van der Waals surface area contributed by atoms with Crippen LogP contribution in [0, 0.1) is 6.92 Å². The van der Waals surface area contributed by atoms with Crippen molar-refractivity contribution in [2.45, 2.75) is 26.8 Å². The molecule has 0 aliphatic heterocycles. The van der Waals surface area contributed by atoms with E-state index in [0.717, 1.165) is 32.7 Å². The molecule has 0 aliphatic rings. The van der Waals surface area contributed by atoms with Crippen LogP contribution in [0.3, 0.4) is 0 Å². The summed E-state index contributed by atoms with van der Waals surface area (Å²) in [6.07, 6.45) is 0.962. The Labute approximate surface area is 102 Å². The molecule has 1 N–H and O–H groups in total. The van der Waals surface area contributed by atoms with Crippen molar-refractivity contribution in [2.75, 3.05) is 19.8 Å². The summed E-state index contributed by atoms with van der Waals surface area (Å²) in [5.74, 6) is 0. The van der Waals surface area contributed by atoms with Crippen molar-refractivity contribution in [3.8, 4) is 0 Å². The predicted octanol–water partition coefficient (Wildman–Crippen LogP) is 3.13. The van der Waals surface area contributed by atoms with E-state index >= 15 is 0 Å². The smallest absolute Gasteiger partial charge is 0.0591 e. The molecule has 0 atom stereocenters. The van der Waals surface area contributed by atoms with Crippen LogP contribution in [0.5, 0.6) is 0 Å². The summed E-state index contributed by atoms with van der Waals surface area (Å²) in [4.78, 5) is 2.76. The Bertz CT molecular complexity index is 319. The normalized spacial score (nSPS) is 10.6. The van der Waals surface area contributed by atoms with Crippen LogP contribution in [0.15, 0.2) is 24.3 Å². The Hall–Kier alpha value is -0.640. The number of thiophene rings is 1. The quantitative estimate of drug-likeness (QED) is 0.556. The maximum absolute atomic E-state index is 5.47. The fourth-order valence-corrected chi connectivity index (χ4v) is 2.14. The summed E-state index contributed by atoms with van der Waals surface area (Å²) >= 11 is 1.85. The second-order valence-corrected chi connectivity index (χ2v) is 5.38. The summed E-state index contributed by atoms with van der Waals surface area (Å²) in [5.41, 5.74) is 1.18. The van der Waals surface area contributed by atoms with Crippen molar-refractivity contribution in [3.05, 3.63) is 34.0 Å². The number of ether oxygens (including phenoxy) is 1. The van der Waals surface area contributed by atoms with Gasteiger partial charge in [-0.05, 0) is 32.4 Å². The Balaban J connectivity index is 1.94. The molecule has 1 aromatic heterocycles. The molecule has 0 saturated heterocycles. The molecule has 1 aromatic rings. The van der Waals surface area contributed by atoms with Crippen LogP contribution in [0.2, 0.25) is 0 Å². The Morgan fingerprint density at radius 1 is 1.44 bits per heavy atom. The van der Waals surface area contributed by atoms with Crippen molar-refractivity contribution in [1.29, 1.82) is 0 Å². The zero-order chi connectivity index (χ0) is 11.8. The highest BCUT2D eigenvalue weighted by Crippen LogP contribution is 2.14. The minimum Gasteiger partial charge on any atom is -0.380 e. The van der Waals surface area contributed by atoms with E-state index in [1.165, 1.54) is 15.3 Å². The number of nitrogens with one attached hydrogen (secondary N) is 1. The van der Waals surface area contributed by atoms with Crippen LogP contribution in [-0.2, 0) is 11.3 Å². The van der Waals surface area contributed by atoms with Gasteiger partial charge in [0.1, 0.15) is 0 Å². The fourth-order valence-electron chi connectivity index (χ4n) is 1.28. The first kappa shape index (κ1) is 13.4. The van der Waals surface area contributed by atoms with Gasteiger partial charge >= 0.3 is 0 Å². The predicted molar refractivity (Wildman–Crippen MR) is 71.0 cm³/mol. The van der Waals surface area contributed by atoms with Crippen LogP contribution in [-0.4, -0.2) is 19.8 Å². The SMILES string of the molecule is C=C(C)CCOCCNCc1ccc(C)s1. The minimum absolute atomic E-state index is 0.775. The van der Waals surface area contributed by atoms with Crippen molar-refractivity contribution < 1.29 is 4.74 Å². The molecule has 0 aliphatic carbocycles. The lowest BCUT2D eigenvalue weighted by Crippen LogP contribution is -2.18.